The van der Waals surface area contributed by atoms with E-state index in [1.54, 1.807) is 9.80 Å². The monoisotopic (exact) mass is 329 g/mol. The Morgan fingerprint density at radius 1 is 1.12 bits per heavy atom. The summed E-state index contributed by atoms with van der Waals surface area (Å²) >= 11 is 0. The molecule has 3 amide bonds. The Balaban J connectivity index is 1.47. The minimum absolute atomic E-state index is 0.0303. The number of urea groups is 1. The van der Waals surface area contributed by atoms with Crippen molar-refractivity contribution in [3.05, 3.63) is 47.9 Å². The number of nitrogen functional groups attached to an aromatic ring is 1. The standard InChI is InChI=1S/C16H19N5O3/c17-15-18-11-13(24-15)14(22)20-6-8-21(9-7-20)16(23)19-10-12-4-2-1-3-5-12/h1-5,11H,6-10H2,(H2,17,18)(H,19,23). The van der Waals surface area contributed by atoms with Crippen molar-refractivity contribution in [3.8, 4) is 0 Å². The summed E-state index contributed by atoms with van der Waals surface area (Å²) in [5.74, 6) is -0.141. The van der Waals surface area contributed by atoms with Crippen LogP contribution in [0.5, 0.6) is 0 Å². The van der Waals surface area contributed by atoms with Gasteiger partial charge in [-0.15, -0.1) is 0 Å². The molecular formula is C16H19N5O3. The second-order valence-corrected chi connectivity index (χ2v) is 5.49. The molecule has 1 aliphatic rings. The first-order valence-electron chi connectivity index (χ1n) is 7.71. The number of carbonyl (C=O) groups is 2. The number of benzene rings is 1. The third kappa shape index (κ3) is 3.65. The highest BCUT2D eigenvalue weighted by Crippen LogP contribution is 2.11. The zero-order valence-electron chi connectivity index (χ0n) is 13.1. The van der Waals surface area contributed by atoms with Crippen molar-refractivity contribution in [2.24, 2.45) is 0 Å². The number of nitrogens with two attached hydrogens (primary N) is 1. The molecule has 1 saturated heterocycles. The molecule has 1 aromatic heterocycles. The van der Waals surface area contributed by atoms with E-state index in [0.717, 1.165) is 5.56 Å². The molecule has 0 unspecified atom stereocenters. The van der Waals surface area contributed by atoms with Crippen molar-refractivity contribution in [1.82, 2.24) is 20.1 Å². The van der Waals surface area contributed by atoms with Crippen LogP contribution in [-0.2, 0) is 6.54 Å². The fourth-order valence-electron chi connectivity index (χ4n) is 2.54. The second kappa shape index (κ2) is 7.03. The predicted molar refractivity (Wildman–Crippen MR) is 87.1 cm³/mol. The van der Waals surface area contributed by atoms with Gasteiger partial charge in [0, 0.05) is 32.7 Å². The van der Waals surface area contributed by atoms with Crippen LogP contribution in [0.3, 0.4) is 0 Å². The molecule has 126 valence electrons. The Hall–Kier alpha value is -3.03. The van der Waals surface area contributed by atoms with Crippen LogP contribution in [0.4, 0.5) is 10.8 Å². The van der Waals surface area contributed by atoms with Gasteiger partial charge in [0.1, 0.15) is 0 Å². The molecule has 0 saturated carbocycles. The van der Waals surface area contributed by atoms with Crippen molar-refractivity contribution >= 4 is 18.0 Å². The molecule has 8 heteroatoms. The van der Waals surface area contributed by atoms with Crippen LogP contribution in [0.1, 0.15) is 16.1 Å². The first kappa shape index (κ1) is 15.9. The third-order valence-corrected chi connectivity index (χ3v) is 3.88. The van der Waals surface area contributed by atoms with E-state index in [2.05, 4.69) is 10.3 Å². The number of piperazine rings is 1. The molecule has 0 aliphatic carbocycles. The maximum absolute atomic E-state index is 12.2. The highest BCUT2D eigenvalue weighted by Gasteiger charge is 2.26. The minimum Gasteiger partial charge on any atom is -0.418 e. The van der Waals surface area contributed by atoms with E-state index in [-0.39, 0.29) is 23.7 Å². The van der Waals surface area contributed by atoms with Crippen LogP contribution < -0.4 is 11.1 Å². The van der Waals surface area contributed by atoms with E-state index in [9.17, 15) is 9.59 Å². The summed E-state index contributed by atoms with van der Waals surface area (Å²) in [6.07, 6.45) is 1.32. The zero-order valence-corrected chi connectivity index (χ0v) is 13.1. The van der Waals surface area contributed by atoms with Gasteiger partial charge >= 0.3 is 6.03 Å². The SMILES string of the molecule is Nc1ncc(C(=O)N2CCN(C(=O)NCc3ccccc3)CC2)o1. The summed E-state index contributed by atoms with van der Waals surface area (Å²) in [6.45, 7) is 2.30. The lowest BCUT2D eigenvalue weighted by molar-refractivity contribution is 0.0635. The topological polar surface area (TPSA) is 105 Å². The van der Waals surface area contributed by atoms with Gasteiger partial charge in [-0.05, 0) is 5.56 Å². The maximum Gasteiger partial charge on any atom is 0.317 e. The number of aromatic nitrogens is 1. The van der Waals surface area contributed by atoms with Crippen LogP contribution in [0.25, 0.3) is 0 Å². The lowest BCUT2D eigenvalue weighted by Gasteiger charge is -2.34. The number of carbonyl (C=O) groups excluding carboxylic acids is 2. The van der Waals surface area contributed by atoms with Gasteiger partial charge < -0.3 is 25.3 Å². The van der Waals surface area contributed by atoms with Crippen LogP contribution in [0, 0.1) is 0 Å². The first-order chi connectivity index (χ1) is 11.6. The van der Waals surface area contributed by atoms with Crippen molar-refractivity contribution in [2.75, 3.05) is 31.9 Å². The van der Waals surface area contributed by atoms with E-state index in [0.29, 0.717) is 32.7 Å². The fourth-order valence-corrected chi connectivity index (χ4v) is 2.54. The molecule has 3 N–H and O–H groups in total. The predicted octanol–water partition coefficient (Wildman–Crippen LogP) is 0.924. The molecule has 2 aromatic rings. The summed E-state index contributed by atoms with van der Waals surface area (Å²) in [4.78, 5) is 31.4. The van der Waals surface area contributed by atoms with Gasteiger partial charge in [-0.1, -0.05) is 30.3 Å². The van der Waals surface area contributed by atoms with E-state index >= 15 is 0 Å². The molecule has 0 radical (unpaired) electrons. The third-order valence-electron chi connectivity index (χ3n) is 3.88. The van der Waals surface area contributed by atoms with E-state index in [1.165, 1.54) is 6.20 Å². The summed E-state index contributed by atoms with van der Waals surface area (Å²) in [6, 6.07) is 9.56. The average molecular weight is 329 g/mol. The van der Waals surface area contributed by atoms with Crippen LogP contribution >= 0.6 is 0 Å². The molecule has 3 rings (SSSR count). The number of amides is 3. The lowest BCUT2D eigenvalue weighted by Crippen LogP contribution is -2.53. The highest BCUT2D eigenvalue weighted by atomic mass is 16.4. The minimum atomic E-state index is -0.261. The van der Waals surface area contributed by atoms with Crippen molar-refractivity contribution in [3.63, 3.8) is 0 Å². The first-order valence-corrected chi connectivity index (χ1v) is 7.71. The fraction of sp³-hybridized carbons (Fsp3) is 0.312. The maximum atomic E-state index is 12.2. The number of rotatable bonds is 3. The van der Waals surface area contributed by atoms with E-state index in [1.807, 2.05) is 30.3 Å². The van der Waals surface area contributed by atoms with Gasteiger partial charge in [-0.3, -0.25) is 4.79 Å². The number of nitrogens with one attached hydrogen (secondary N) is 1. The normalized spacial score (nSPS) is 14.5. The van der Waals surface area contributed by atoms with Gasteiger partial charge in [-0.25, -0.2) is 9.78 Å². The Morgan fingerprint density at radius 3 is 2.42 bits per heavy atom. The highest BCUT2D eigenvalue weighted by molar-refractivity contribution is 5.91. The Morgan fingerprint density at radius 2 is 1.79 bits per heavy atom. The zero-order chi connectivity index (χ0) is 16.9. The van der Waals surface area contributed by atoms with E-state index in [4.69, 9.17) is 10.2 Å². The van der Waals surface area contributed by atoms with Gasteiger partial charge in [-0.2, -0.15) is 0 Å². The summed E-state index contributed by atoms with van der Waals surface area (Å²) in [7, 11) is 0. The van der Waals surface area contributed by atoms with Crippen LogP contribution in [0.15, 0.2) is 40.9 Å². The quantitative estimate of drug-likeness (QED) is 0.871. The van der Waals surface area contributed by atoms with Crippen LogP contribution in [0.2, 0.25) is 0 Å². The number of hydrogen-bond acceptors (Lipinski definition) is 5. The molecule has 1 aliphatic heterocycles. The Bertz CT molecular complexity index is 708. The summed E-state index contributed by atoms with van der Waals surface area (Å²) in [5.41, 5.74) is 6.42. The molecule has 2 heterocycles. The van der Waals surface area contributed by atoms with Crippen LogP contribution in [-0.4, -0.2) is 52.9 Å². The smallest absolute Gasteiger partial charge is 0.317 e. The molecule has 0 atom stereocenters. The van der Waals surface area contributed by atoms with Gasteiger partial charge in [0.2, 0.25) is 5.76 Å². The number of hydrogen-bond donors (Lipinski definition) is 2. The molecule has 8 nitrogen and oxygen atoms in total. The second-order valence-electron chi connectivity index (χ2n) is 5.49. The molecule has 0 spiro atoms. The van der Waals surface area contributed by atoms with E-state index < -0.39 is 0 Å². The number of nitrogens with zero attached hydrogens (tertiary/aromatic N) is 3. The van der Waals surface area contributed by atoms with Gasteiger partial charge in [0.15, 0.2) is 0 Å². The summed E-state index contributed by atoms with van der Waals surface area (Å²) < 4.78 is 5.04. The van der Waals surface area contributed by atoms with Crippen molar-refractivity contribution < 1.29 is 14.0 Å². The molecular weight excluding hydrogens is 310 g/mol. The van der Waals surface area contributed by atoms with Crippen molar-refractivity contribution in [2.45, 2.75) is 6.54 Å². The largest absolute Gasteiger partial charge is 0.418 e. The average Bonchev–Trinajstić information content (AvgIpc) is 3.06. The number of oxazole rings is 1. The molecule has 1 aromatic carbocycles. The van der Waals surface area contributed by atoms with Gasteiger partial charge in [0.05, 0.1) is 6.20 Å². The van der Waals surface area contributed by atoms with Gasteiger partial charge in [0.25, 0.3) is 11.9 Å². The summed E-state index contributed by atoms with van der Waals surface area (Å²) in [5, 5.41) is 2.89. The molecule has 0 bridgehead atoms. The number of anilines is 1. The molecule has 24 heavy (non-hydrogen) atoms. The van der Waals surface area contributed by atoms with Crippen molar-refractivity contribution in [1.29, 1.82) is 0 Å². The Labute approximate surface area is 139 Å². The molecule has 1 fully saturated rings. The lowest BCUT2D eigenvalue weighted by atomic mass is 10.2. The Kier molecular flexibility index (Phi) is 4.64.